The molecule has 3 rings (SSSR count). The van der Waals surface area contributed by atoms with Crippen LogP contribution in [0.2, 0.25) is 0 Å². The number of imidazole rings is 1. The fraction of sp³-hybridized carbons (Fsp3) is 0.0714. The van der Waals surface area contributed by atoms with Gasteiger partial charge >= 0.3 is 0 Å². The van der Waals surface area contributed by atoms with E-state index in [1.54, 1.807) is 0 Å². The minimum atomic E-state index is 0.629. The SMILES string of the molecule is c1ccc(NCNc2nc3ccccc3[nH]2)cc1. The van der Waals surface area contributed by atoms with Crippen LogP contribution in [0.25, 0.3) is 11.0 Å². The van der Waals surface area contributed by atoms with Crippen LogP contribution < -0.4 is 10.6 Å². The van der Waals surface area contributed by atoms with Crippen LogP contribution in [0.5, 0.6) is 0 Å². The Hall–Kier alpha value is -2.49. The van der Waals surface area contributed by atoms with Gasteiger partial charge in [-0.05, 0) is 24.3 Å². The molecule has 18 heavy (non-hydrogen) atoms. The average Bonchev–Trinajstić information content (AvgIpc) is 2.82. The lowest BCUT2D eigenvalue weighted by Crippen LogP contribution is -2.12. The molecule has 90 valence electrons. The Morgan fingerprint density at radius 3 is 2.50 bits per heavy atom. The minimum Gasteiger partial charge on any atom is -0.368 e. The van der Waals surface area contributed by atoms with Crippen molar-refractivity contribution in [3.8, 4) is 0 Å². The molecule has 0 aliphatic carbocycles. The van der Waals surface area contributed by atoms with Crippen molar-refractivity contribution in [2.45, 2.75) is 0 Å². The molecule has 3 aromatic rings. The van der Waals surface area contributed by atoms with Gasteiger partial charge in [-0.15, -0.1) is 0 Å². The molecule has 4 heteroatoms. The topological polar surface area (TPSA) is 52.7 Å². The number of H-pyrrole nitrogens is 1. The van der Waals surface area contributed by atoms with Gasteiger partial charge in [0.25, 0.3) is 0 Å². The van der Waals surface area contributed by atoms with Crippen molar-refractivity contribution < 1.29 is 0 Å². The summed E-state index contributed by atoms with van der Waals surface area (Å²) < 4.78 is 0. The van der Waals surface area contributed by atoms with E-state index in [9.17, 15) is 0 Å². The molecule has 0 saturated heterocycles. The molecule has 0 atom stereocenters. The number of aromatic nitrogens is 2. The van der Waals surface area contributed by atoms with E-state index in [1.807, 2.05) is 54.6 Å². The number of anilines is 2. The molecule has 0 amide bonds. The van der Waals surface area contributed by atoms with Crippen molar-refractivity contribution in [2.75, 3.05) is 17.3 Å². The van der Waals surface area contributed by atoms with Gasteiger partial charge in [-0.3, -0.25) is 0 Å². The van der Waals surface area contributed by atoms with Gasteiger partial charge in [0, 0.05) is 5.69 Å². The molecule has 0 fully saturated rings. The number of hydrogen-bond donors (Lipinski definition) is 3. The second-order valence-electron chi connectivity index (χ2n) is 4.00. The maximum Gasteiger partial charge on any atom is 0.202 e. The maximum absolute atomic E-state index is 4.44. The molecule has 0 unspecified atom stereocenters. The lowest BCUT2D eigenvalue weighted by molar-refractivity contribution is 1.15. The third kappa shape index (κ3) is 2.27. The smallest absolute Gasteiger partial charge is 0.202 e. The number of nitrogens with one attached hydrogen (secondary N) is 3. The Morgan fingerprint density at radius 1 is 0.889 bits per heavy atom. The Kier molecular flexibility index (Phi) is 2.84. The third-order valence-corrected chi connectivity index (χ3v) is 2.71. The Bertz CT molecular complexity index is 597. The summed E-state index contributed by atoms with van der Waals surface area (Å²) in [4.78, 5) is 7.66. The van der Waals surface area contributed by atoms with Gasteiger partial charge in [0.2, 0.25) is 5.95 Å². The standard InChI is InChI=1S/C14H14N4/c1-2-6-11(7-3-1)15-10-16-14-17-12-8-4-5-9-13(12)18-14/h1-9,15H,10H2,(H2,16,17,18). The summed E-state index contributed by atoms with van der Waals surface area (Å²) in [6.07, 6.45) is 0. The number of benzene rings is 2. The zero-order chi connectivity index (χ0) is 12.2. The summed E-state index contributed by atoms with van der Waals surface area (Å²) in [6.45, 7) is 0.629. The number of hydrogen-bond acceptors (Lipinski definition) is 3. The number of para-hydroxylation sites is 3. The summed E-state index contributed by atoms with van der Waals surface area (Å²) in [6, 6.07) is 18.0. The zero-order valence-electron chi connectivity index (χ0n) is 9.85. The molecule has 0 spiro atoms. The Labute approximate surface area is 105 Å². The van der Waals surface area contributed by atoms with Gasteiger partial charge in [0.15, 0.2) is 0 Å². The molecule has 0 aliphatic rings. The summed E-state index contributed by atoms with van der Waals surface area (Å²) in [7, 11) is 0. The van der Waals surface area contributed by atoms with Crippen molar-refractivity contribution in [1.29, 1.82) is 0 Å². The summed E-state index contributed by atoms with van der Waals surface area (Å²) >= 11 is 0. The molecule has 0 aliphatic heterocycles. The quantitative estimate of drug-likeness (QED) is 0.612. The van der Waals surface area contributed by atoms with Gasteiger partial charge in [0.05, 0.1) is 17.7 Å². The van der Waals surface area contributed by atoms with Gasteiger partial charge < -0.3 is 15.6 Å². The molecule has 0 saturated carbocycles. The Balaban J connectivity index is 1.63. The monoisotopic (exact) mass is 238 g/mol. The van der Waals surface area contributed by atoms with Crippen LogP contribution in [0.1, 0.15) is 0 Å². The number of fused-ring (bicyclic) bond motifs is 1. The first-order chi connectivity index (χ1) is 8.92. The van der Waals surface area contributed by atoms with Crippen LogP contribution in [0.4, 0.5) is 11.6 Å². The van der Waals surface area contributed by atoms with Gasteiger partial charge in [-0.25, -0.2) is 4.98 Å². The molecule has 0 bridgehead atoms. The van der Waals surface area contributed by atoms with Crippen LogP contribution >= 0.6 is 0 Å². The van der Waals surface area contributed by atoms with Crippen LogP contribution in [0.3, 0.4) is 0 Å². The van der Waals surface area contributed by atoms with E-state index >= 15 is 0 Å². The van der Waals surface area contributed by atoms with E-state index in [4.69, 9.17) is 0 Å². The van der Waals surface area contributed by atoms with E-state index in [0.29, 0.717) is 6.67 Å². The highest BCUT2D eigenvalue weighted by atomic mass is 15.2. The van der Waals surface area contributed by atoms with Crippen molar-refractivity contribution >= 4 is 22.7 Å². The van der Waals surface area contributed by atoms with Gasteiger partial charge in [-0.1, -0.05) is 30.3 Å². The minimum absolute atomic E-state index is 0.629. The van der Waals surface area contributed by atoms with E-state index < -0.39 is 0 Å². The molecule has 1 heterocycles. The molecule has 1 aromatic heterocycles. The number of nitrogens with zero attached hydrogens (tertiary/aromatic N) is 1. The van der Waals surface area contributed by atoms with Crippen LogP contribution in [0.15, 0.2) is 54.6 Å². The third-order valence-electron chi connectivity index (χ3n) is 2.71. The molecule has 3 N–H and O–H groups in total. The average molecular weight is 238 g/mol. The van der Waals surface area contributed by atoms with Crippen molar-refractivity contribution in [3.05, 3.63) is 54.6 Å². The molecule has 2 aromatic carbocycles. The van der Waals surface area contributed by atoms with Crippen LogP contribution in [-0.4, -0.2) is 16.6 Å². The molecular formula is C14H14N4. The fourth-order valence-corrected chi connectivity index (χ4v) is 1.82. The van der Waals surface area contributed by atoms with E-state index in [-0.39, 0.29) is 0 Å². The van der Waals surface area contributed by atoms with Crippen LogP contribution in [0, 0.1) is 0 Å². The summed E-state index contributed by atoms with van der Waals surface area (Å²) in [5, 5.41) is 6.47. The first kappa shape index (κ1) is 10.7. The zero-order valence-corrected chi connectivity index (χ0v) is 9.85. The fourth-order valence-electron chi connectivity index (χ4n) is 1.82. The Morgan fingerprint density at radius 2 is 1.67 bits per heavy atom. The summed E-state index contributed by atoms with van der Waals surface area (Å²) in [5.74, 6) is 0.777. The van der Waals surface area contributed by atoms with Gasteiger partial charge in [0.1, 0.15) is 0 Å². The number of aromatic amines is 1. The van der Waals surface area contributed by atoms with Crippen molar-refractivity contribution in [1.82, 2.24) is 9.97 Å². The van der Waals surface area contributed by atoms with Gasteiger partial charge in [-0.2, -0.15) is 0 Å². The highest BCUT2D eigenvalue weighted by Gasteiger charge is 1.99. The first-order valence-electron chi connectivity index (χ1n) is 5.89. The highest BCUT2D eigenvalue weighted by Crippen LogP contribution is 2.13. The molecular weight excluding hydrogens is 224 g/mol. The second-order valence-corrected chi connectivity index (χ2v) is 4.00. The maximum atomic E-state index is 4.44. The predicted molar refractivity (Wildman–Crippen MR) is 74.6 cm³/mol. The molecule has 0 radical (unpaired) electrons. The lowest BCUT2D eigenvalue weighted by Gasteiger charge is -2.06. The van der Waals surface area contributed by atoms with Crippen molar-refractivity contribution in [2.24, 2.45) is 0 Å². The molecule has 4 nitrogen and oxygen atoms in total. The lowest BCUT2D eigenvalue weighted by atomic mass is 10.3. The first-order valence-corrected chi connectivity index (χ1v) is 5.89. The predicted octanol–water partition coefficient (Wildman–Crippen LogP) is 3.04. The highest BCUT2D eigenvalue weighted by molar-refractivity contribution is 5.77. The van der Waals surface area contributed by atoms with E-state index in [0.717, 1.165) is 22.7 Å². The normalized spacial score (nSPS) is 10.4. The van der Waals surface area contributed by atoms with E-state index in [1.165, 1.54) is 0 Å². The number of rotatable bonds is 4. The van der Waals surface area contributed by atoms with Crippen molar-refractivity contribution in [3.63, 3.8) is 0 Å². The summed E-state index contributed by atoms with van der Waals surface area (Å²) in [5.41, 5.74) is 3.10. The van der Waals surface area contributed by atoms with Crippen LogP contribution in [-0.2, 0) is 0 Å². The second kappa shape index (κ2) is 4.79. The largest absolute Gasteiger partial charge is 0.368 e. The van der Waals surface area contributed by atoms with E-state index in [2.05, 4.69) is 20.6 Å².